The number of hydrogen-bond acceptors (Lipinski definition) is 6. The summed E-state index contributed by atoms with van der Waals surface area (Å²) in [6.07, 6.45) is 3.55. The number of halogens is 3. The summed E-state index contributed by atoms with van der Waals surface area (Å²) in [5.74, 6) is -0.120. The van der Waals surface area contributed by atoms with Crippen molar-refractivity contribution < 1.29 is 17.5 Å². The Hall–Kier alpha value is -1.19. The van der Waals surface area contributed by atoms with Gasteiger partial charge in [-0.05, 0) is 35.2 Å². The summed E-state index contributed by atoms with van der Waals surface area (Å²) in [6, 6.07) is 0.0100. The molecule has 134 valence electrons. The van der Waals surface area contributed by atoms with E-state index in [1.54, 1.807) is 0 Å². The summed E-state index contributed by atoms with van der Waals surface area (Å²) in [6.45, 7) is 0. The van der Waals surface area contributed by atoms with Crippen molar-refractivity contribution in [3.8, 4) is 5.75 Å². The molecule has 2 aromatic rings. The fourth-order valence-electron chi connectivity index (χ4n) is 3.53. The van der Waals surface area contributed by atoms with E-state index < -0.39 is 20.8 Å². The topological polar surface area (TPSA) is 72.4 Å². The molecule has 0 saturated heterocycles. The van der Waals surface area contributed by atoms with Crippen molar-refractivity contribution in [2.75, 3.05) is 18.2 Å². The number of benzene rings is 1. The van der Waals surface area contributed by atoms with Gasteiger partial charge in [-0.3, -0.25) is 0 Å². The molecular weight excluding hydrogens is 437 g/mol. The highest BCUT2D eigenvalue weighted by atomic mass is 79.9. The lowest BCUT2D eigenvalue weighted by molar-refractivity contribution is 0.195. The second-order valence-electron chi connectivity index (χ2n) is 6.36. The first-order chi connectivity index (χ1) is 11.7. The molecular formula is C15H14BrClFN3O3S. The van der Waals surface area contributed by atoms with Gasteiger partial charge in [0.2, 0.25) is 15.0 Å². The molecule has 1 aromatic heterocycles. The molecule has 1 aliphatic carbocycles. The highest BCUT2D eigenvalue weighted by Gasteiger charge is 2.39. The van der Waals surface area contributed by atoms with Crippen LogP contribution in [0.15, 0.2) is 9.63 Å². The number of rotatable bonds is 1. The number of likely N-dealkylation sites (N-methyl/N-ethyl adjacent to an activating group) is 1. The molecule has 0 N–H and O–H groups in total. The van der Waals surface area contributed by atoms with Gasteiger partial charge in [0.15, 0.2) is 11.6 Å². The van der Waals surface area contributed by atoms with Gasteiger partial charge in [0.05, 0.1) is 15.9 Å². The third kappa shape index (κ3) is 2.50. The predicted octanol–water partition coefficient (Wildman–Crippen LogP) is 3.34. The van der Waals surface area contributed by atoms with Gasteiger partial charge >= 0.3 is 0 Å². The van der Waals surface area contributed by atoms with E-state index in [0.29, 0.717) is 17.0 Å². The average molecular weight is 451 g/mol. The van der Waals surface area contributed by atoms with Gasteiger partial charge in [0.1, 0.15) is 22.5 Å². The molecule has 4 rings (SSSR count). The van der Waals surface area contributed by atoms with Crippen LogP contribution < -0.4 is 9.64 Å². The maximum atomic E-state index is 14.8. The minimum absolute atomic E-state index is 0.000123. The van der Waals surface area contributed by atoms with Crippen molar-refractivity contribution in [1.82, 2.24) is 9.97 Å². The maximum Gasteiger partial charge on any atom is 0.249 e. The lowest BCUT2D eigenvalue weighted by Gasteiger charge is -2.27. The highest BCUT2D eigenvalue weighted by Crippen LogP contribution is 2.48. The van der Waals surface area contributed by atoms with Crippen LogP contribution in [0.3, 0.4) is 0 Å². The number of aromatic nitrogens is 2. The first-order valence-electron chi connectivity index (χ1n) is 7.68. The monoisotopic (exact) mass is 449 g/mol. The lowest BCUT2D eigenvalue weighted by Crippen LogP contribution is -2.39. The fraction of sp³-hybridized carbons (Fsp3) is 0.467. The van der Waals surface area contributed by atoms with Gasteiger partial charge in [0.25, 0.3) is 0 Å². The van der Waals surface area contributed by atoms with Gasteiger partial charge in [-0.1, -0.05) is 11.6 Å². The van der Waals surface area contributed by atoms with E-state index in [4.69, 9.17) is 16.3 Å². The second kappa shape index (κ2) is 5.65. The van der Waals surface area contributed by atoms with Crippen molar-refractivity contribution in [3.63, 3.8) is 0 Å². The Morgan fingerprint density at radius 2 is 2.08 bits per heavy atom. The van der Waals surface area contributed by atoms with Crippen molar-refractivity contribution in [3.05, 3.63) is 15.3 Å². The summed E-state index contributed by atoms with van der Waals surface area (Å²) in [4.78, 5) is 10.0. The number of anilines is 1. The van der Waals surface area contributed by atoms with Crippen LogP contribution in [-0.2, 0) is 9.84 Å². The largest absolute Gasteiger partial charge is 0.486 e. The zero-order valence-electron chi connectivity index (χ0n) is 13.4. The maximum absolute atomic E-state index is 14.8. The molecule has 1 saturated carbocycles. The van der Waals surface area contributed by atoms with Gasteiger partial charge in [-0.2, -0.15) is 0 Å². The first kappa shape index (κ1) is 17.2. The van der Waals surface area contributed by atoms with E-state index in [2.05, 4.69) is 25.9 Å². The number of nitrogens with zero attached hydrogens (tertiary/aromatic N) is 3. The minimum Gasteiger partial charge on any atom is -0.486 e. The smallest absolute Gasteiger partial charge is 0.249 e. The molecule has 10 heteroatoms. The third-order valence-electron chi connectivity index (χ3n) is 4.74. The average Bonchev–Trinajstić information content (AvgIpc) is 2.98. The van der Waals surface area contributed by atoms with Crippen molar-refractivity contribution in [1.29, 1.82) is 0 Å². The van der Waals surface area contributed by atoms with Gasteiger partial charge in [-0.15, -0.1) is 0 Å². The number of hydrogen-bond donors (Lipinski definition) is 0. The van der Waals surface area contributed by atoms with Gasteiger partial charge in [-0.25, -0.2) is 22.8 Å². The Balaban J connectivity index is 2.16. The molecule has 1 fully saturated rings. The Bertz CT molecular complexity index is 1020. The molecule has 0 spiro atoms. The molecule has 2 atom stereocenters. The van der Waals surface area contributed by atoms with Gasteiger partial charge in [0, 0.05) is 13.3 Å². The number of sulfone groups is 1. The van der Waals surface area contributed by atoms with E-state index >= 15 is 0 Å². The minimum atomic E-state index is -3.72. The van der Waals surface area contributed by atoms with Crippen LogP contribution in [-0.4, -0.2) is 43.8 Å². The second-order valence-corrected chi connectivity index (χ2v) is 9.44. The SMILES string of the molecule is CN1c2nc(S(C)(=O)=O)nc3c(F)c(Br)c(Cl)c(c23)OC2CCCC21. The van der Waals surface area contributed by atoms with E-state index in [0.717, 1.165) is 25.5 Å². The van der Waals surface area contributed by atoms with Crippen LogP contribution in [0, 0.1) is 5.82 Å². The van der Waals surface area contributed by atoms with Crippen LogP contribution in [0.1, 0.15) is 19.3 Å². The summed E-state index contributed by atoms with van der Waals surface area (Å²) in [5.41, 5.74) is -0.122. The summed E-state index contributed by atoms with van der Waals surface area (Å²) in [5, 5.41) is -0.0183. The summed E-state index contributed by atoms with van der Waals surface area (Å²) >= 11 is 9.44. The van der Waals surface area contributed by atoms with E-state index in [-0.39, 0.29) is 27.2 Å². The number of ether oxygens (including phenoxy) is 1. The highest BCUT2D eigenvalue weighted by molar-refractivity contribution is 9.10. The zero-order valence-corrected chi connectivity index (χ0v) is 16.5. The Morgan fingerprint density at radius 1 is 1.36 bits per heavy atom. The molecule has 25 heavy (non-hydrogen) atoms. The standard InChI is InChI=1S/C15H14BrClFN3O3S/c1-21-6-4-3-5-7(6)24-13-8-12(11(18)9(16)10(13)17)19-15(20-14(8)21)25(2,22)23/h6-7H,3-5H2,1-2H3. The fourth-order valence-corrected chi connectivity index (χ4v) is 4.63. The van der Waals surface area contributed by atoms with Crippen molar-refractivity contribution in [2.24, 2.45) is 0 Å². The molecule has 2 heterocycles. The molecule has 1 aliphatic heterocycles. The molecule has 0 amide bonds. The third-order valence-corrected chi connectivity index (χ3v) is 6.92. The number of fused-ring (bicyclic) bond motifs is 1. The van der Waals surface area contributed by atoms with E-state index in [1.165, 1.54) is 0 Å². The predicted molar refractivity (Wildman–Crippen MR) is 95.8 cm³/mol. The van der Waals surface area contributed by atoms with Crippen LogP contribution in [0.5, 0.6) is 5.75 Å². The van der Waals surface area contributed by atoms with Crippen molar-refractivity contribution >= 4 is 54.1 Å². The Morgan fingerprint density at radius 3 is 2.76 bits per heavy atom. The molecule has 2 aliphatic rings. The molecule has 0 radical (unpaired) electrons. The zero-order chi connectivity index (χ0) is 18.1. The normalized spacial score (nSPS) is 22.7. The summed E-state index contributed by atoms with van der Waals surface area (Å²) in [7, 11) is -1.91. The molecule has 1 aromatic carbocycles. The van der Waals surface area contributed by atoms with Crippen molar-refractivity contribution in [2.45, 2.75) is 36.6 Å². The first-order valence-corrected chi connectivity index (χ1v) is 10.7. The van der Waals surface area contributed by atoms with Gasteiger partial charge < -0.3 is 9.64 Å². The Labute approximate surface area is 157 Å². The quantitative estimate of drug-likeness (QED) is 0.490. The molecule has 2 unspecified atom stereocenters. The van der Waals surface area contributed by atoms with Crippen LogP contribution in [0.4, 0.5) is 10.2 Å². The molecule has 6 nitrogen and oxygen atoms in total. The van der Waals surface area contributed by atoms with Crippen LogP contribution >= 0.6 is 27.5 Å². The Kier molecular flexibility index (Phi) is 3.90. The summed E-state index contributed by atoms with van der Waals surface area (Å²) < 4.78 is 44.9. The van der Waals surface area contributed by atoms with Crippen LogP contribution in [0.25, 0.3) is 10.9 Å². The van der Waals surface area contributed by atoms with Crippen LogP contribution in [0.2, 0.25) is 5.02 Å². The van der Waals surface area contributed by atoms with E-state index in [9.17, 15) is 12.8 Å². The van der Waals surface area contributed by atoms with E-state index in [1.807, 2.05) is 11.9 Å². The molecule has 0 bridgehead atoms. The lowest BCUT2D eigenvalue weighted by atomic mass is 10.1.